The minimum atomic E-state index is -0.398. The predicted molar refractivity (Wildman–Crippen MR) is 115 cm³/mol. The third-order valence-corrected chi connectivity index (χ3v) is 4.23. The second kappa shape index (κ2) is 11.9. The van der Waals surface area contributed by atoms with E-state index in [0.717, 1.165) is 12.1 Å². The highest BCUT2D eigenvalue weighted by Crippen LogP contribution is 2.16. The maximum absolute atomic E-state index is 12.6. The number of rotatable bonds is 8. The molecule has 2 rings (SSSR count). The second-order valence-electron chi connectivity index (χ2n) is 6.93. The van der Waals surface area contributed by atoms with Crippen LogP contribution in [-0.2, 0) is 16.1 Å². The van der Waals surface area contributed by atoms with E-state index >= 15 is 0 Å². The molecule has 0 saturated heterocycles. The van der Waals surface area contributed by atoms with E-state index in [2.05, 4.69) is 20.7 Å². The van der Waals surface area contributed by atoms with Crippen LogP contribution >= 0.6 is 0 Å². The highest BCUT2D eigenvalue weighted by Gasteiger charge is 2.18. The number of ketones is 1. The average molecular weight is 383 g/mol. The molecule has 0 saturated carbocycles. The van der Waals surface area contributed by atoms with Gasteiger partial charge in [0.05, 0.1) is 20.0 Å². The van der Waals surface area contributed by atoms with E-state index in [9.17, 15) is 9.59 Å². The van der Waals surface area contributed by atoms with E-state index in [1.165, 1.54) is 6.08 Å². The third-order valence-electron chi connectivity index (χ3n) is 4.23. The first-order chi connectivity index (χ1) is 13.4. The maximum atomic E-state index is 12.6. The number of hydrogen-bond donors (Lipinski definition) is 0. The Morgan fingerprint density at radius 2 is 1.61 bits per heavy atom. The molecular weight excluding hydrogens is 350 g/mol. The zero-order chi connectivity index (χ0) is 21.0. The van der Waals surface area contributed by atoms with Gasteiger partial charge >= 0.3 is 5.97 Å². The van der Waals surface area contributed by atoms with Crippen LogP contribution in [-0.4, -0.2) is 43.5 Å². The van der Waals surface area contributed by atoms with Crippen LogP contribution in [0.25, 0.3) is 0 Å². The van der Waals surface area contributed by atoms with Crippen molar-refractivity contribution in [3.8, 4) is 0 Å². The third kappa shape index (κ3) is 7.89. The summed E-state index contributed by atoms with van der Waals surface area (Å²) in [5, 5.41) is 0. The molecule has 0 amide bonds. The molecule has 0 radical (unpaired) electrons. The molecule has 4 heteroatoms. The fourth-order valence-electron chi connectivity index (χ4n) is 2.73. The zero-order valence-corrected chi connectivity index (χ0v) is 17.4. The van der Waals surface area contributed by atoms with Crippen molar-refractivity contribution in [1.82, 2.24) is 0 Å². The fourth-order valence-corrected chi connectivity index (χ4v) is 2.73. The van der Waals surface area contributed by atoms with Gasteiger partial charge in [0.25, 0.3) is 0 Å². The summed E-state index contributed by atoms with van der Waals surface area (Å²) in [5.74, 6) is -0.523. The molecule has 1 aliphatic carbocycles. The van der Waals surface area contributed by atoms with E-state index in [0.29, 0.717) is 23.2 Å². The minimum absolute atomic E-state index is 0.0952. The summed E-state index contributed by atoms with van der Waals surface area (Å²) >= 11 is 0. The Hall–Kier alpha value is -2.72. The Morgan fingerprint density at radius 3 is 2.14 bits per heavy atom. The number of carbonyl (C=O) groups is 2. The van der Waals surface area contributed by atoms with Crippen molar-refractivity contribution >= 4 is 11.8 Å². The molecule has 0 fully saturated rings. The van der Waals surface area contributed by atoms with Crippen molar-refractivity contribution in [3.05, 3.63) is 84.5 Å². The van der Waals surface area contributed by atoms with Gasteiger partial charge in [-0.25, -0.2) is 4.79 Å². The predicted octanol–water partition coefficient (Wildman–Crippen LogP) is 4.50. The SMILES string of the molecule is C=CC(=O)OCC[N+](C)(C)Cc1ccc(C(=O)C2C=CC=CC=C2)cc1.CC. The van der Waals surface area contributed by atoms with E-state index in [1.807, 2.05) is 74.6 Å². The standard InChI is InChI=1S/C22H26NO3.C2H6/c1-4-21(24)26-16-15-23(2,3)17-18-11-13-20(14-12-18)22(25)19-9-7-5-6-8-10-19;1-2/h4-14,19H,1,15-17H2,2-3H3;1-2H3/q+1;. The zero-order valence-electron chi connectivity index (χ0n) is 17.4. The lowest BCUT2D eigenvalue weighted by Gasteiger charge is -2.29. The van der Waals surface area contributed by atoms with Crippen molar-refractivity contribution in [2.75, 3.05) is 27.2 Å². The van der Waals surface area contributed by atoms with Gasteiger partial charge in [-0.3, -0.25) is 4.79 Å². The molecule has 0 N–H and O–H groups in total. The quantitative estimate of drug-likeness (QED) is 0.288. The van der Waals surface area contributed by atoms with E-state index in [1.54, 1.807) is 0 Å². The molecule has 28 heavy (non-hydrogen) atoms. The molecule has 0 aromatic heterocycles. The van der Waals surface area contributed by atoms with Gasteiger partial charge in [-0.05, 0) is 0 Å². The smallest absolute Gasteiger partial charge is 0.330 e. The lowest BCUT2D eigenvalue weighted by Crippen LogP contribution is -2.41. The Bertz CT molecular complexity index is 724. The van der Waals surface area contributed by atoms with Gasteiger partial charge in [0.2, 0.25) is 0 Å². The molecule has 0 spiro atoms. The van der Waals surface area contributed by atoms with Crippen LogP contribution in [0.5, 0.6) is 0 Å². The number of benzene rings is 1. The second-order valence-corrected chi connectivity index (χ2v) is 6.93. The summed E-state index contributed by atoms with van der Waals surface area (Å²) < 4.78 is 5.74. The molecule has 150 valence electrons. The number of Topliss-reactive ketones (excluding diaryl/α,β-unsaturated/α-hetero) is 1. The topological polar surface area (TPSA) is 43.4 Å². The number of carbonyl (C=O) groups excluding carboxylic acids is 2. The number of likely N-dealkylation sites (N-methyl/N-ethyl adjacent to an activating group) is 1. The molecule has 0 heterocycles. The van der Waals surface area contributed by atoms with Crippen molar-refractivity contribution < 1.29 is 18.8 Å². The lowest BCUT2D eigenvalue weighted by atomic mass is 9.96. The highest BCUT2D eigenvalue weighted by molar-refractivity contribution is 6.00. The first kappa shape index (κ1) is 23.3. The van der Waals surface area contributed by atoms with Crippen molar-refractivity contribution in [1.29, 1.82) is 0 Å². The van der Waals surface area contributed by atoms with Gasteiger partial charge in [-0.2, -0.15) is 0 Å². The van der Waals surface area contributed by atoms with Gasteiger partial charge in [-0.15, -0.1) is 0 Å². The van der Waals surface area contributed by atoms with Crippen LogP contribution in [0.2, 0.25) is 0 Å². The molecular formula is C24H32NO3+. The van der Waals surface area contributed by atoms with Crippen molar-refractivity contribution in [3.63, 3.8) is 0 Å². The average Bonchev–Trinajstić information content (AvgIpc) is 2.98. The minimum Gasteiger partial charge on any atom is -0.457 e. The van der Waals surface area contributed by atoms with E-state index in [-0.39, 0.29) is 11.7 Å². The number of hydrogen-bond acceptors (Lipinski definition) is 3. The van der Waals surface area contributed by atoms with Crippen molar-refractivity contribution in [2.45, 2.75) is 20.4 Å². The molecule has 0 aliphatic heterocycles. The van der Waals surface area contributed by atoms with Gasteiger partial charge in [0.1, 0.15) is 19.7 Å². The summed E-state index contributed by atoms with van der Waals surface area (Å²) in [4.78, 5) is 23.7. The van der Waals surface area contributed by atoms with Crippen LogP contribution in [0.3, 0.4) is 0 Å². The largest absolute Gasteiger partial charge is 0.457 e. The van der Waals surface area contributed by atoms with Crippen LogP contribution in [0.1, 0.15) is 29.8 Å². The number of allylic oxidation sites excluding steroid dienone is 6. The number of quaternary nitrogens is 1. The normalized spacial score (nSPS) is 13.3. The van der Waals surface area contributed by atoms with Gasteiger partial charge in [0.15, 0.2) is 5.78 Å². The summed E-state index contributed by atoms with van der Waals surface area (Å²) in [7, 11) is 4.16. The van der Waals surface area contributed by atoms with Gasteiger partial charge in [0, 0.05) is 17.2 Å². The summed E-state index contributed by atoms with van der Waals surface area (Å²) in [5.41, 5.74) is 1.84. The molecule has 1 aromatic rings. The summed E-state index contributed by atoms with van der Waals surface area (Å²) in [6, 6.07) is 7.75. The molecule has 1 aliphatic rings. The highest BCUT2D eigenvalue weighted by atomic mass is 16.5. The molecule has 0 atom stereocenters. The maximum Gasteiger partial charge on any atom is 0.330 e. The molecule has 1 aromatic carbocycles. The Balaban J connectivity index is 0.00000190. The monoisotopic (exact) mass is 382 g/mol. The molecule has 0 unspecified atom stereocenters. The van der Waals surface area contributed by atoms with Gasteiger partial charge < -0.3 is 9.22 Å². The van der Waals surface area contributed by atoms with Crippen LogP contribution in [0.4, 0.5) is 0 Å². The van der Waals surface area contributed by atoms with Crippen molar-refractivity contribution in [2.24, 2.45) is 5.92 Å². The Labute approximate surface area is 169 Å². The Morgan fingerprint density at radius 1 is 1.04 bits per heavy atom. The molecule has 4 nitrogen and oxygen atoms in total. The van der Waals surface area contributed by atoms with Crippen LogP contribution in [0.15, 0.2) is 73.4 Å². The number of ether oxygens (including phenoxy) is 1. The summed E-state index contributed by atoms with van der Waals surface area (Å²) in [6.45, 7) is 9.22. The van der Waals surface area contributed by atoms with Crippen LogP contribution in [0, 0.1) is 5.92 Å². The first-order valence-electron chi connectivity index (χ1n) is 9.67. The first-order valence-corrected chi connectivity index (χ1v) is 9.67. The Kier molecular flexibility index (Phi) is 9.89. The number of esters is 1. The number of nitrogens with zero attached hydrogens (tertiary/aromatic N) is 1. The lowest BCUT2D eigenvalue weighted by molar-refractivity contribution is -0.903. The molecule has 0 bridgehead atoms. The van der Waals surface area contributed by atoms with E-state index in [4.69, 9.17) is 4.74 Å². The van der Waals surface area contributed by atoms with Crippen LogP contribution < -0.4 is 0 Å². The van der Waals surface area contributed by atoms with E-state index < -0.39 is 5.97 Å². The van der Waals surface area contributed by atoms with Gasteiger partial charge in [-0.1, -0.05) is 81.1 Å². The fraction of sp³-hybridized carbons (Fsp3) is 0.333. The summed E-state index contributed by atoms with van der Waals surface area (Å²) in [6.07, 6.45) is 12.6.